The maximum absolute atomic E-state index is 13.4. The normalized spacial score (nSPS) is 19.8. The molecule has 2 aromatic carbocycles. The Morgan fingerprint density at radius 1 is 1.04 bits per heavy atom. The van der Waals surface area contributed by atoms with Crippen LogP contribution in [0.15, 0.2) is 48.5 Å². The highest BCUT2D eigenvalue weighted by atomic mass is 16.1. The molecule has 0 N–H and O–H groups in total. The van der Waals surface area contributed by atoms with E-state index >= 15 is 0 Å². The summed E-state index contributed by atoms with van der Waals surface area (Å²) in [5, 5.41) is 5.62. The number of ketones is 1. The second kappa shape index (κ2) is 5.71. The van der Waals surface area contributed by atoms with Crippen molar-refractivity contribution < 1.29 is 4.79 Å². The summed E-state index contributed by atoms with van der Waals surface area (Å²) in [5.41, 5.74) is 5.89. The van der Waals surface area contributed by atoms with Gasteiger partial charge < -0.3 is 9.58 Å². The standard InChI is InChI=1S/C22H23N3O/c1-23-13-15-7-3-5-9-18(15)25(23)14-16-11-12-20-21(22(16)26)17-8-4-6-10-19(17)24(20)2/h3-10,16H,11-14H2,1-2H3. The van der Waals surface area contributed by atoms with Crippen molar-refractivity contribution in [1.29, 1.82) is 0 Å². The Hall–Kier alpha value is -2.59. The summed E-state index contributed by atoms with van der Waals surface area (Å²) in [6.45, 7) is 1.67. The van der Waals surface area contributed by atoms with Gasteiger partial charge in [0.15, 0.2) is 5.78 Å². The van der Waals surface area contributed by atoms with E-state index in [0.29, 0.717) is 5.78 Å². The van der Waals surface area contributed by atoms with Gasteiger partial charge in [-0.2, -0.15) is 0 Å². The van der Waals surface area contributed by atoms with Crippen LogP contribution >= 0.6 is 0 Å². The van der Waals surface area contributed by atoms with Crippen LogP contribution in [-0.4, -0.2) is 29.0 Å². The van der Waals surface area contributed by atoms with Crippen LogP contribution in [0.4, 0.5) is 5.69 Å². The van der Waals surface area contributed by atoms with Crippen molar-refractivity contribution in [3.05, 3.63) is 65.4 Å². The summed E-state index contributed by atoms with van der Waals surface area (Å²) in [5.74, 6) is 0.350. The fraction of sp³-hybridized carbons (Fsp3) is 0.318. The van der Waals surface area contributed by atoms with E-state index in [1.807, 2.05) is 12.1 Å². The lowest BCUT2D eigenvalue weighted by Crippen LogP contribution is -2.41. The van der Waals surface area contributed by atoms with Gasteiger partial charge in [-0.05, 0) is 30.5 Å². The number of fused-ring (bicyclic) bond motifs is 4. The summed E-state index contributed by atoms with van der Waals surface area (Å²) < 4.78 is 2.20. The summed E-state index contributed by atoms with van der Waals surface area (Å²) in [6, 6.07) is 16.8. The van der Waals surface area contributed by atoms with Gasteiger partial charge in [0.05, 0.1) is 5.69 Å². The Kier molecular flexibility index (Phi) is 3.44. The van der Waals surface area contributed by atoms with Crippen LogP contribution in [0.25, 0.3) is 10.9 Å². The monoisotopic (exact) mass is 345 g/mol. The lowest BCUT2D eigenvalue weighted by Gasteiger charge is -2.32. The van der Waals surface area contributed by atoms with Crippen molar-refractivity contribution >= 4 is 22.4 Å². The number of hydrazine groups is 1. The molecule has 0 radical (unpaired) electrons. The highest BCUT2D eigenvalue weighted by Crippen LogP contribution is 2.36. The molecule has 26 heavy (non-hydrogen) atoms. The van der Waals surface area contributed by atoms with Crippen LogP contribution in [0.2, 0.25) is 0 Å². The quantitative estimate of drug-likeness (QED) is 0.707. The SMILES string of the molecule is CN1Cc2ccccc2N1CC1CCc2c(c3ccccc3n2C)C1=O. The van der Waals surface area contributed by atoms with E-state index in [2.05, 4.69) is 65.1 Å². The first-order valence-electron chi connectivity index (χ1n) is 9.32. The van der Waals surface area contributed by atoms with Gasteiger partial charge in [0.2, 0.25) is 0 Å². The van der Waals surface area contributed by atoms with E-state index in [1.54, 1.807) is 0 Å². The van der Waals surface area contributed by atoms with Crippen molar-refractivity contribution in [2.75, 3.05) is 18.6 Å². The molecule has 132 valence electrons. The summed E-state index contributed by atoms with van der Waals surface area (Å²) >= 11 is 0. The van der Waals surface area contributed by atoms with Crippen LogP contribution < -0.4 is 5.01 Å². The van der Waals surface area contributed by atoms with E-state index in [1.165, 1.54) is 16.9 Å². The van der Waals surface area contributed by atoms with Crippen LogP contribution in [0.5, 0.6) is 0 Å². The second-order valence-electron chi connectivity index (χ2n) is 7.52. The lowest BCUT2D eigenvalue weighted by molar-refractivity contribution is 0.0897. The number of carbonyl (C=O) groups excluding carboxylic acids is 1. The van der Waals surface area contributed by atoms with Crippen LogP contribution in [0.3, 0.4) is 0 Å². The van der Waals surface area contributed by atoms with E-state index < -0.39 is 0 Å². The number of para-hydroxylation sites is 2. The van der Waals surface area contributed by atoms with Crippen molar-refractivity contribution in [3.63, 3.8) is 0 Å². The molecule has 2 aliphatic rings. The van der Waals surface area contributed by atoms with Gasteiger partial charge in [-0.3, -0.25) is 4.79 Å². The van der Waals surface area contributed by atoms with E-state index in [0.717, 1.165) is 42.4 Å². The predicted octanol–water partition coefficient (Wildman–Crippen LogP) is 3.79. The van der Waals surface area contributed by atoms with Crippen LogP contribution in [0.1, 0.15) is 28.0 Å². The maximum atomic E-state index is 13.4. The molecule has 1 aliphatic heterocycles. The van der Waals surface area contributed by atoms with Crippen molar-refractivity contribution in [2.24, 2.45) is 13.0 Å². The topological polar surface area (TPSA) is 28.5 Å². The Labute approximate surface area is 153 Å². The molecule has 0 amide bonds. The minimum absolute atomic E-state index is 0.0434. The molecule has 1 aromatic heterocycles. The average molecular weight is 345 g/mol. The molecule has 5 rings (SSSR count). The third-order valence-corrected chi connectivity index (χ3v) is 6.05. The fourth-order valence-corrected chi connectivity index (χ4v) is 4.69. The van der Waals surface area contributed by atoms with Gasteiger partial charge in [-0.1, -0.05) is 36.4 Å². The van der Waals surface area contributed by atoms with Crippen LogP contribution in [-0.2, 0) is 20.0 Å². The van der Waals surface area contributed by atoms with Crippen LogP contribution in [0, 0.1) is 5.92 Å². The van der Waals surface area contributed by atoms with Gasteiger partial charge >= 0.3 is 0 Å². The molecule has 0 fully saturated rings. The molecule has 1 unspecified atom stereocenters. The molecule has 4 heteroatoms. The first-order valence-corrected chi connectivity index (χ1v) is 9.32. The molecular weight excluding hydrogens is 322 g/mol. The molecule has 1 atom stereocenters. The number of nitrogens with zero attached hydrogens (tertiary/aromatic N) is 3. The molecule has 0 saturated heterocycles. The maximum Gasteiger partial charge on any atom is 0.170 e. The van der Waals surface area contributed by atoms with Gasteiger partial charge in [0.1, 0.15) is 0 Å². The average Bonchev–Trinajstić information content (AvgIpc) is 3.13. The number of benzene rings is 2. The molecule has 4 nitrogen and oxygen atoms in total. The molecule has 0 spiro atoms. The molecular formula is C22H23N3O. The highest BCUT2D eigenvalue weighted by Gasteiger charge is 2.35. The number of rotatable bonds is 2. The van der Waals surface area contributed by atoms with Gasteiger partial charge in [-0.25, -0.2) is 5.01 Å². The van der Waals surface area contributed by atoms with E-state index in [4.69, 9.17) is 0 Å². The minimum Gasteiger partial charge on any atom is -0.347 e. The number of hydrogen-bond donors (Lipinski definition) is 0. The third kappa shape index (κ3) is 2.15. The zero-order valence-corrected chi connectivity index (χ0v) is 15.3. The molecule has 2 heterocycles. The Bertz CT molecular complexity index is 1020. The third-order valence-electron chi connectivity index (χ3n) is 6.05. The summed E-state index contributed by atoms with van der Waals surface area (Å²) in [6.07, 6.45) is 1.89. The first-order chi connectivity index (χ1) is 12.6. The number of hydrogen-bond acceptors (Lipinski definition) is 3. The summed E-state index contributed by atoms with van der Waals surface area (Å²) in [4.78, 5) is 13.4. The molecule has 3 aromatic rings. The Balaban J connectivity index is 1.50. The van der Waals surface area contributed by atoms with Crippen molar-refractivity contribution in [3.8, 4) is 0 Å². The first kappa shape index (κ1) is 15.6. The number of aryl methyl sites for hydroxylation is 1. The van der Waals surface area contributed by atoms with Gasteiger partial charge in [0, 0.05) is 55.3 Å². The smallest absolute Gasteiger partial charge is 0.170 e. The second-order valence-corrected chi connectivity index (χ2v) is 7.52. The Morgan fingerprint density at radius 2 is 1.81 bits per heavy atom. The Morgan fingerprint density at radius 3 is 2.69 bits per heavy atom. The van der Waals surface area contributed by atoms with Crippen molar-refractivity contribution in [1.82, 2.24) is 9.58 Å². The number of aromatic nitrogens is 1. The predicted molar refractivity (Wildman–Crippen MR) is 104 cm³/mol. The fourth-order valence-electron chi connectivity index (χ4n) is 4.69. The minimum atomic E-state index is 0.0434. The van der Waals surface area contributed by atoms with E-state index in [-0.39, 0.29) is 5.92 Å². The van der Waals surface area contributed by atoms with E-state index in [9.17, 15) is 4.79 Å². The van der Waals surface area contributed by atoms with Crippen molar-refractivity contribution in [2.45, 2.75) is 19.4 Å². The van der Waals surface area contributed by atoms with Gasteiger partial charge in [-0.15, -0.1) is 0 Å². The molecule has 0 bridgehead atoms. The number of carbonyl (C=O) groups is 1. The number of anilines is 1. The number of Topliss-reactive ketones (excluding diaryl/α,β-unsaturated/α-hetero) is 1. The zero-order chi connectivity index (χ0) is 17.8. The van der Waals surface area contributed by atoms with Gasteiger partial charge in [0.25, 0.3) is 0 Å². The molecule has 1 aliphatic carbocycles. The highest BCUT2D eigenvalue weighted by molar-refractivity contribution is 6.11. The molecule has 0 saturated carbocycles. The summed E-state index contributed by atoms with van der Waals surface area (Å²) in [7, 11) is 4.19. The largest absolute Gasteiger partial charge is 0.347 e. The lowest BCUT2D eigenvalue weighted by atomic mass is 9.84. The zero-order valence-electron chi connectivity index (χ0n) is 15.3.